The number of para-hydroxylation sites is 1. The van der Waals surface area contributed by atoms with Gasteiger partial charge in [0.25, 0.3) is 0 Å². The maximum absolute atomic E-state index is 13.3. The zero-order valence-corrected chi connectivity index (χ0v) is 15.7. The summed E-state index contributed by atoms with van der Waals surface area (Å²) in [6, 6.07) is 17.5. The van der Waals surface area contributed by atoms with Crippen LogP contribution in [0.1, 0.15) is 5.56 Å². The fraction of sp³-hybridized carbons (Fsp3) is 0.0476. The van der Waals surface area contributed by atoms with Crippen LogP contribution in [0.2, 0.25) is 0 Å². The smallest absolute Gasteiger partial charge is 0.334 e. The minimum absolute atomic E-state index is 0.150. The summed E-state index contributed by atoms with van der Waals surface area (Å²) in [5.41, 5.74) is -1.34. The topological polar surface area (TPSA) is 93.0 Å². The summed E-state index contributed by atoms with van der Waals surface area (Å²) in [4.78, 5) is 18.8. The number of nitrogens with one attached hydrogen (secondary N) is 2. The first-order valence-electron chi connectivity index (χ1n) is 9.02. The molecule has 156 valence electrons. The van der Waals surface area contributed by atoms with Gasteiger partial charge in [0.15, 0.2) is 0 Å². The predicted molar refractivity (Wildman–Crippen MR) is 111 cm³/mol. The van der Waals surface area contributed by atoms with E-state index < -0.39 is 22.4 Å². The molecule has 0 saturated heterocycles. The fourth-order valence-corrected chi connectivity index (χ4v) is 3.16. The number of nitro groups is 1. The number of nitrogens with zero attached hydrogens (tertiary/aromatic N) is 3. The standard InChI is InChI=1S/C21H14F3N5O2/c22-21(23,24)15-9-3-4-10-17(15)28-20-18(29(30)31)19(25-12-26-20)27-16-11-5-7-13-6-1-2-8-14(13)16/h1-12H,(H2,25,26,27,28). The average Bonchev–Trinajstić information content (AvgIpc) is 2.73. The Balaban J connectivity index is 1.77. The van der Waals surface area contributed by atoms with E-state index in [4.69, 9.17) is 0 Å². The normalized spacial score (nSPS) is 11.3. The first-order chi connectivity index (χ1) is 14.8. The van der Waals surface area contributed by atoms with Gasteiger partial charge in [-0.1, -0.05) is 48.5 Å². The summed E-state index contributed by atoms with van der Waals surface area (Å²) in [5.74, 6) is -0.511. The van der Waals surface area contributed by atoms with Crippen molar-refractivity contribution in [3.8, 4) is 0 Å². The van der Waals surface area contributed by atoms with E-state index in [2.05, 4.69) is 20.6 Å². The first-order valence-corrected chi connectivity index (χ1v) is 9.02. The van der Waals surface area contributed by atoms with Crippen molar-refractivity contribution >= 4 is 39.5 Å². The number of alkyl halides is 3. The molecule has 0 amide bonds. The summed E-state index contributed by atoms with van der Waals surface area (Å²) in [7, 11) is 0. The van der Waals surface area contributed by atoms with E-state index in [1.54, 1.807) is 12.1 Å². The number of hydrogen-bond donors (Lipinski definition) is 2. The quantitative estimate of drug-likeness (QED) is 0.299. The minimum Gasteiger partial charge on any atom is -0.334 e. The molecule has 2 N–H and O–H groups in total. The molecule has 1 aromatic heterocycles. The highest BCUT2D eigenvalue weighted by Crippen LogP contribution is 2.39. The van der Waals surface area contributed by atoms with Crippen molar-refractivity contribution in [3.05, 3.63) is 88.7 Å². The average molecular weight is 425 g/mol. The summed E-state index contributed by atoms with van der Waals surface area (Å²) in [6.45, 7) is 0. The van der Waals surface area contributed by atoms with Crippen LogP contribution < -0.4 is 10.6 Å². The lowest BCUT2D eigenvalue weighted by molar-refractivity contribution is -0.383. The molecule has 1 heterocycles. The molecule has 3 aromatic carbocycles. The van der Waals surface area contributed by atoms with Crippen LogP contribution in [0.4, 0.5) is 41.9 Å². The predicted octanol–water partition coefficient (Wildman–Crippen LogP) is 6.04. The van der Waals surface area contributed by atoms with Crippen LogP contribution >= 0.6 is 0 Å². The van der Waals surface area contributed by atoms with Gasteiger partial charge in [0.1, 0.15) is 6.33 Å². The molecule has 0 atom stereocenters. The van der Waals surface area contributed by atoms with Crippen molar-refractivity contribution in [2.24, 2.45) is 0 Å². The van der Waals surface area contributed by atoms with Crippen molar-refractivity contribution in [2.45, 2.75) is 6.18 Å². The number of fused-ring (bicyclic) bond motifs is 1. The molecule has 0 fully saturated rings. The van der Waals surface area contributed by atoms with Gasteiger partial charge < -0.3 is 10.6 Å². The maximum atomic E-state index is 13.3. The van der Waals surface area contributed by atoms with E-state index in [9.17, 15) is 23.3 Å². The fourth-order valence-electron chi connectivity index (χ4n) is 3.16. The van der Waals surface area contributed by atoms with Gasteiger partial charge in [-0.2, -0.15) is 13.2 Å². The van der Waals surface area contributed by atoms with Crippen molar-refractivity contribution in [1.82, 2.24) is 9.97 Å². The molecule has 0 radical (unpaired) electrons. The first kappa shape index (κ1) is 20.1. The van der Waals surface area contributed by atoms with Crippen LogP contribution in [0, 0.1) is 10.1 Å². The molecule has 0 aliphatic rings. The molecule has 0 bridgehead atoms. The molecule has 4 rings (SSSR count). The molecule has 10 heteroatoms. The second-order valence-electron chi connectivity index (χ2n) is 6.50. The van der Waals surface area contributed by atoms with Crippen molar-refractivity contribution in [1.29, 1.82) is 0 Å². The van der Waals surface area contributed by atoms with Crippen LogP contribution in [0.3, 0.4) is 0 Å². The Morgan fingerprint density at radius 3 is 2.10 bits per heavy atom. The van der Waals surface area contributed by atoms with Crippen LogP contribution in [0.25, 0.3) is 10.8 Å². The van der Waals surface area contributed by atoms with E-state index in [0.29, 0.717) is 5.69 Å². The Bertz CT molecular complexity index is 1270. The zero-order valence-electron chi connectivity index (χ0n) is 15.7. The number of rotatable bonds is 5. The second-order valence-corrected chi connectivity index (χ2v) is 6.50. The second kappa shape index (κ2) is 7.90. The number of hydrogen-bond acceptors (Lipinski definition) is 6. The Labute approximate surface area is 173 Å². The highest BCUT2D eigenvalue weighted by molar-refractivity contribution is 5.96. The highest BCUT2D eigenvalue weighted by atomic mass is 19.4. The number of aromatic nitrogens is 2. The lowest BCUT2D eigenvalue weighted by Gasteiger charge is -2.15. The van der Waals surface area contributed by atoms with Crippen LogP contribution in [0.5, 0.6) is 0 Å². The molecule has 0 aliphatic carbocycles. The molecule has 31 heavy (non-hydrogen) atoms. The largest absolute Gasteiger partial charge is 0.418 e. The van der Waals surface area contributed by atoms with Gasteiger partial charge >= 0.3 is 11.9 Å². The summed E-state index contributed by atoms with van der Waals surface area (Å²) < 4.78 is 39.9. The van der Waals surface area contributed by atoms with E-state index in [0.717, 1.165) is 23.2 Å². The SMILES string of the molecule is O=[N+]([O-])c1c(Nc2ccccc2C(F)(F)F)ncnc1Nc1cccc2ccccc12. The Hall–Kier alpha value is -4.21. The molecule has 7 nitrogen and oxygen atoms in total. The molecule has 0 aliphatic heterocycles. The minimum atomic E-state index is -4.64. The third-order valence-electron chi connectivity index (χ3n) is 4.53. The molecule has 0 spiro atoms. The van der Waals surface area contributed by atoms with Gasteiger partial charge in [0.2, 0.25) is 11.6 Å². The van der Waals surface area contributed by atoms with Gasteiger partial charge in [0, 0.05) is 11.1 Å². The van der Waals surface area contributed by atoms with E-state index >= 15 is 0 Å². The van der Waals surface area contributed by atoms with Gasteiger partial charge in [0.05, 0.1) is 16.2 Å². The monoisotopic (exact) mass is 425 g/mol. The zero-order chi connectivity index (χ0) is 22.0. The van der Waals surface area contributed by atoms with Crippen molar-refractivity contribution in [3.63, 3.8) is 0 Å². The third kappa shape index (κ3) is 4.08. The van der Waals surface area contributed by atoms with Gasteiger partial charge in [-0.05, 0) is 23.6 Å². The summed E-state index contributed by atoms with van der Waals surface area (Å²) in [5, 5.41) is 18.8. The lowest BCUT2D eigenvalue weighted by Crippen LogP contribution is -2.10. The van der Waals surface area contributed by atoms with Crippen LogP contribution in [0.15, 0.2) is 73.1 Å². The molecular weight excluding hydrogens is 411 g/mol. The Morgan fingerprint density at radius 1 is 0.806 bits per heavy atom. The number of halogens is 3. The molecule has 4 aromatic rings. The van der Waals surface area contributed by atoms with Crippen LogP contribution in [-0.4, -0.2) is 14.9 Å². The van der Waals surface area contributed by atoms with Gasteiger partial charge in [-0.15, -0.1) is 0 Å². The van der Waals surface area contributed by atoms with Gasteiger partial charge in [-0.25, -0.2) is 9.97 Å². The van der Waals surface area contributed by atoms with E-state index in [-0.39, 0.29) is 17.3 Å². The molecule has 0 saturated carbocycles. The number of benzene rings is 3. The maximum Gasteiger partial charge on any atom is 0.418 e. The molecule has 0 unspecified atom stereocenters. The summed E-state index contributed by atoms with van der Waals surface area (Å²) in [6.07, 6.45) is -3.60. The Morgan fingerprint density at radius 2 is 1.39 bits per heavy atom. The summed E-state index contributed by atoms with van der Waals surface area (Å²) >= 11 is 0. The third-order valence-corrected chi connectivity index (χ3v) is 4.53. The highest BCUT2D eigenvalue weighted by Gasteiger charge is 2.34. The van der Waals surface area contributed by atoms with Gasteiger partial charge in [-0.3, -0.25) is 10.1 Å². The van der Waals surface area contributed by atoms with Crippen LogP contribution in [-0.2, 0) is 6.18 Å². The Kier molecular flexibility index (Phi) is 5.12. The van der Waals surface area contributed by atoms with Crippen molar-refractivity contribution in [2.75, 3.05) is 10.6 Å². The number of anilines is 4. The van der Waals surface area contributed by atoms with Crippen molar-refractivity contribution < 1.29 is 18.1 Å². The molecular formula is C21H14F3N5O2. The van der Waals surface area contributed by atoms with E-state index in [1.165, 1.54) is 18.2 Å². The lowest BCUT2D eigenvalue weighted by atomic mass is 10.1. The van der Waals surface area contributed by atoms with E-state index in [1.807, 2.05) is 30.3 Å².